The van der Waals surface area contributed by atoms with Crippen LogP contribution in [-0.4, -0.2) is 87.5 Å². The fourth-order valence-electron chi connectivity index (χ4n) is 5.96. The fraction of sp³-hybridized carbons (Fsp3) is 0.400. The van der Waals surface area contributed by atoms with E-state index in [1.54, 1.807) is 53.2 Å². The topological polar surface area (TPSA) is 160 Å². The summed E-state index contributed by atoms with van der Waals surface area (Å²) in [5.41, 5.74) is -4.78. The molecule has 0 bridgehead atoms. The summed E-state index contributed by atoms with van der Waals surface area (Å²) in [6.07, 6.45) is 2.65. The molecular formula is C35H40F2N5O7PS2. The largest absolute Gasteiger partial charge is 0.399 e. The number of fused-ring (bicyclic) bond motifs is 1. The van der Waals surface area contributed by atoms with Crippen LogP contribution in [0.4, 0.5) is 14.5 Å². The van der Waals surface area contributed by atoms with Crippen molar-refractivity contribution in [3.8, 4) is 10.6 Å². The summed E-state index contributed by atoms with van der Waals surface area (Å²) in [6.45, 7) is 5.65. The number of halogens is 2. The number of hydrogen-bond donors (Lipinski definition) is 3. The van der Waals surface area contributed by atoms with Gasteiger partial charge in [-0.2, -0.15) is 8.78 Å². The zero-order chi connectivity index (χ0) is 38.2. The van der Waals surface area contributed by atoms with Crippen LogP contribution in [-0.2, 0) is 24.6 Å². The second-order valence-corrected chi connectivity index (χ2v) is 17.5. The van der Waals surface area contributed by atoms with Crippen LogP contribution >= 0.6 is 30.3 Å². The minimum Gasteiger partial charge on any atom is -0.349 e. The van der Waals surface area contributed by atoms with E-state index < -0.39 is 48.1 Å². The van der Waals surface area contributed by atoms with Crippen LogP contribution in [0.15, 0.2) is 60.1 Å². The van der Waals surface area contributed by atoms with Crippen molar-refractivity contribution in [3.63, 3.8) is 0 Å². The third kappa shape index (κ3) is 8.26. The molecule has 4 aromatic rings. The number of aromatic nitrogens is 1. The first-order chi connectivity index (χ1) is 24.3. The maximum atomic E-state index is 14.4. The van der Waals surface area contributed by atoms with Gasteiger partial charge in [-0.05, 0) is 54.0 Å². The Morgan fingerprint density at radius 3 is 2.46 bits per heavy atom. The smallest absolute Gasteiger partial charge is 0.349 e. The Morgan fingerprint density at radius 1 is 1.10 bits per heavy atom. The highest BCUT2D eigenvalue weighted by Crippen LogP contribution is 2.59. The van der Waals surface area contributed by atoms with Crippen LogP contribution in [0.5, 0.6) is 0 Å². The second-order valence-electron chi connectivity index (χ2n) is 13.8. The minimum atomic E-state index is -5.80. The van der Waals surface area contributed by atoms with Crippen molar-refractivity contribution >= 4 is 69.7 Å². The van der Waals surface area contributed by atoms with Gasteiger partial charge in [0.05, 0.1) is 4.88 Å². The number of amides is 4. The number of alkyl halides is 2. The molecule has 278 valence electrons. The molecule has 3 heterocycles. The molecule has 1 fully saturated rings. The van der Waals surface area contributed by atoms with Gasteiger partial charge in [-0.25, -0.2) is 4.98 Å². The molecular weight excluding hydrogens is 736 g/mol. The van der Waals surface area contributed by atoms with Gasteiger partial charge >= 0.3 is 13.3 Å². The Balaban J connectivity index is 1.40. The van der Waals surface area contributed by atoms with Crippen molar-refractivity contribution < 1.29 is 42.3 Å². The fourth-order valence-corrected chi connectivity index (χ4v) is 8.02. The van der Waals surface area contributed by atoms with Gasteiger partial charge in [-0.3, -0.25) is 23.7 Å². The summed E-state index contributed by atoms with van der Waals surface area (Å²) >= 11 is 2.42. The lowest BCUT2D eigenvalue weighted by Gasteiger charge is -2.36. The lowest BCUT2D eigenvalue weighted by Crippen LogP contribution is -2.58. The van der Waals surface area contributed by atoms with Crippen molar-refractivity contribution in [3.05, 3.63) is 70.5 Å². The van der Waals surface area contributed by atoms with Gasteiger partial charge in [0.25, 0.3) is 5.91 Å². The summed E-state index contributed by atoms with van der Waals surface area (Å²) in [6, 6.07) is 9.75. The van der Waals surface area contributed by atoms with Gasteiger partial charge in [0, 0.05) is 66.7 Å². The van der Waals surface area contributed by atoms with Crippen LogP contribution in [0.1, 0.15) is 55.3 Å². The average molecular weight is 776 g/mol. The first-order valence-electron chi connectivity index (χ1n) is 16.4. The van der Waals surface area contributed by atoms with Gasteiger partial charge in [-0.15, -0.1) is 22.7 Å². The van der Waals surface area contributed by atoms with Crippen LogP contribution in [0.25, 0.3) is 20.7 Å². The van der Waals surface area contributed by atoms with Crippen molar-refractivity contribution in [1.82, 2.24) is 20.1 Å². The molecule has 0 aliphatic carbocycles. The highest BCUT2D eigenvalue weighted by atomic mass is 32.1. The van der Waals surface area contributed by atoms with Gasteiger partial charge in [0.15, 0.2) is 0 Å². The number of likely N-dealkylation sites (tertiary alicyclic amines) is 1. The van der Waals surface area contributed by atoms with E-state index in [1.165, 1.54) is 38.2 Å². The molecule has 1 unspecified atom stereocenters. The predicted octanol–water partition coefficient (Wildman–Crippen LogP) is 5.90. The molecule has 2 aromatic carbocycles. The molecule has 2 aromatic heterocycles. The molecule has 0 saturated carbocycles. The SMILES string of the molecule is CN(C)C(=O)CCN(C(=O)[C@@H]1CCCN1C(=O)C(NC(=O)c1cc2cc(C(F)(F)P(=O)(O)O)ccc2s1)C(C)(C)C)c1cccc(-c2nccs2)c1. The Bertz CT molecular complexity index is 2030. The van der Waals surface area contributed by atoms with Gasteiger partial charge < -0.3 is 29.8 Å². The zero-order valence-corrected chi connectivity index (χ0v) is 31.7. The zero-order valence-electron chi connectivity index (χ0n) is 29.2. The van der Waals surface area contributed by atoms with E-state index in [0.29, 0.717) is 23.2 Å². The van der Waals surface area contributed by atoms with Crippen molar-refractivity contribution in [2.24, 2.45) is 5.41 Å². The van der Waals surface area contributed by atoms with E-state index in [-0.39, 0.29) is 41.6 Å². The molecule has 52 heavy (non-hydrogen) atoms. The van der Waals surface area contributed by atoms with Crippen LogP contribution < -0.4 is 10.2 Å². The van der Waals surface area contributed by atoms with Crippen molar-refractivity contribution in [1.29, 1.82) is 0 Å². The highest BCUT2D eigenvalue weighted by molar-refractivity contribution is 7.52. The van der Waals surface area contributed by atoms with E-state index in [4.69, 9.17) is 9.79 Å². The lowest BCUT2D eigenvalue weighted by atomic mass is 9.85. The summed E-state index contributed by atoms with van der Waals surface area (Å²) in [7, 11) is -2.53. The van der Waals surface area contributed by atoms with E-state index >= 15 is 0 Å². The summed E-state index contributed by atoms with van der Waals surface area (Å²) < 4.78 is 40.6. The molecule has 0 radical (unpaired) electrons. The van der Waals surface area contributed by atoms with Crippen LogP contribution in [0.2, 0.25) is 0 Å². The first kappa shape index (κ1) is 39.1. The quantitative estimate of drug-likeness (QED) is 0.159. The molecule has 2 atom stereocenters. The lowest BCUT2D eigenvalue weighted by molar-refractivity contribution is -0.141. The number of carbonyl (C=O) groups excluding carboxylic acids is 4. The molecule has 5 rings (SSSR count). The summed E-state index contributed by atoms with van der Waals surface area (Å²) in [5, 5.41) is 5.59. The average Bonchev–Trinajstić information content (AvgIpc) is 3.87. The number of nitrogens with one attached hydrogen (secondary N) is 1. The molecule has 12 nitrogen and oxygen atoms in total. The Kier molecular flexibility index (Phi) is 11.4. The Labute approximate surface area is 307 Å². The summed E-state index contributed by atoms with van der Waals surface area (Å²) in [5.74, 6) is -1.65. The molecule has 1 aliphatic heterocycles. The first-order valence-corrected chi connectivity index (χ1v) is 19.7. The summed E-state index contributed by atoms with van der Waals surface area (Å²) in [4.78, 5) is 82.3. The van der Waals surface area contributed by atoms with Gasteiger partial charge in [0.1, 0.15) is 17.1 Å². The number of nitrogens with zero attached hydrogens (tertiary/aromatic N) is 4. The minimum absolute atomic E-state index is 0.0508. The maximum absolute atomic E-state index is 14.4. The van der Waals surface area contributed by atoms with Crippen LogP contribution in [0.3, 0.4) is 0 Å². The third-order valence-corrected chi connectivity index (χ3v) is 11.7. The molecule has 17 heteroatoms. The van der Waals surface area contributed by atoms with E-state index in [1.807, 2.05) is 17.5 Å². The maximum Gasteiger partial charge on any atom is 0.399 e. The molecule has 1 aliphatic rings. The molecule has 1 saturated heterocycles. The van der Waals surface area contributed by atoms with E-state index in [0.717, 1.165) is 34.0 Å². The second kappa shape index (κ2) is 15.1. The van der Waals surface area contributed by atoms with E-state index in [2.05, 4.69) is 10.3 Å². The monoisotopic (exact) mass is 775 g/mol. The van der Waals surface area contributed by atoms with E-state index in [9.17, 15) is 32.5 Å². The van der Waals surface area contributed by atoms with Crippen molar-refractivity contribution in [2.45, 2.75) is 57.8 Å². The van der Waals surface area contributed by atoms with Gasteiger partial charge in [0.2, 0.25) is 17.7 Å². The normalized spacial score (nSPS) is 15.8. The van der Waals surface area contributed by atoms with Crippen LogP contribution in [0, 0.1) is 5.41 Å². The predicted molar refractivity (Wildman–Crippen MR) is 196 cm³/mol. The third-order valence-electron chi connectivity index (χ3n) is 8.81. The highest BCUT2D eigenvalue weighted by Gasteiger charge is 2.50. The Morgan fingerprint density at radius 2 is 1.83 bits per heavy atom. The molecule has 4 amide bonds. The number of benzene rings is 2. The molecule has 0 spiro atoms. The van der Waals surface area contributed by atoms with Gasteiger partial charge in [-0.1, -0.05) is 39.0 Å². The number of carbonyl (C=O) groups is 4. The molecule has 3 N–H and O–H groups in total. The number of hydrogen-bond acceptors (Lipinski definition) is 8. The number of thiazole rings is 1. The number of anilines is 1. The standard InChI is InChI=1S/C35H40F2N5O7PS2/c1-34(2,3)29(39-30(44)27-20-22-18-23(11-12-26(22)52-27)35(36,37)50(47,48)49)33(46)42-15-7-10-25(42)32(45)41(16-13-28(43)40(4)5)24-9-6-8-21(19-24)31-38-14-17-51-31/h6,8-9,11-12,14,17-20,25,29H,7,10,13,15-16H2,1-5H3,(H,39,44)(H2,47,48,49)/t25-,29?/m0/s1. The number of rotatable bonds is 11. The van der Waals surface area contributed by atoms with Crippen molar-refractivity contribution in [2.75, 3.05) is 32.1 Å². The number of thiophene rings is 1. The Hall–Kier alpha value is -4.08.